The molecule has 6 rings (SSSR count). The van der Waals surface area contributed by atoms with Gasteiger partial charge in [-0.05, 0) is 21.7 Å². The molecule has 0 fully saturated rings. The van der Waals surface area contributed by atoms with E-state index in [1.54, 1.807) is 0 Å². The monoisotopic (exact) mass is 1010 g/mol. The van der Waals surface area contributed by atoms with E-state index in [9.17, 15) is 26.3 Å². The second-order valence-corrected chi connectivity index (χ2v) is 20.4. The number of hydrogen-bond acceptors (Lipinski definition) is 0. The summed E-state index contributed by atoms with van der Waals surface area (Å²) in [4.78, 5) is 0. The van der Waals surface area contributed by atoms with Gasteiger partial charge in [0.25, 0.3) is 0 Å². The van der Waals surface area contributed by atoms with Crippen molar-refractivity contribution in [3.05, 3.63) is 148 Å². The number of allylic oxidation sites excluding steroid dienone is 4. The molecule has 0 amide bonds. The summed E-state index contributed by atoms with van der Waals surface area (Å²) in [6.45, 7) is 28.0. The fourth-order valence-electron chi connectivity index (χ4n) is 6.75. The summed E-state index contributed by atoms with van der Waals surface area (Å²) in [5, 5.41) is 5.57. The Morgan fingerprint density at radius 3 is 1.05 bits per heavy atom. The second-order valence-electron chi connectivity index (χ2n) is 18.6. The Kier molecular flexibility index (Phi) is 16.6. The normalized spacial score (nSPS) is 13.3. The molecule has 0 atom stereocenters. The van der Waals surface area contributed by atoms with Crippen LogP contribution in [0.5, 0.6) is 0 Å². The maximum Gasteiger partial charge on any atom is -0.109 e. The molecular weight excluding hydrogens is 952 g/mol. The Balaban J connectivity index is 0.000000354. The molecule has 0 radical (unpaired) electrons. The van der Waals surface area contributed by atoms with E-state index in [0.29, 0.717) is 35.0 Å². The fourth-order valence-corrected chi connectivity index (χ4v) is 7.94. The molecule has 5 aromatic rings. The average molecular weight is 1010 g/mol. The molecule has 0 N–H and O–H groups in total. The zero-order valence-electron chi connectivity index (χ0n) is 35.5. The molecule has 312 valence electrons. The first-order valence-electron chi connectivity index (χ1n) is 18.9. The maximum absolute atomic E-state index is 12.5. The third-order valence-electron chi connectivity index (χ3n) is 9.80. The Morgan fingerprint density at radius 1 is 0.517 bits per heavy atom. The van der Waals surface area contributed by atoms with E-state index >= 15 is 0 Å². The molecule has 0 bridgehead atoms. The van der Waals surface area contributed by atoms with Gasteiger partial charge < -0.3 is 24.8 Å². The van der Waals surface area contributed by atoms with Gasteiger partial charge in [-0.15, -0.1) is 46.2 Å². The summed E-state index contributed by atoms with van der Waals surface area (Å²) >= 11 is 0.493. The van der Waals surface area contributed by atoms with Crippen LogP contribution in [-0.4, -0.2) is 3.26 Å². The van der Waals surface area contributed by atoms with Crippen LogP contribution in [0.1, 0.15) is 134 Å². The van der Waals surface area contributed by atoms with Crippen molar-refractivity contribution in [2.24, 2.45) is 0 Å². The molecule has 0 unspecified atom stereocenters. The van der Waals surface area contributed by atoms with E-state index < -0.39 is 23.5 Å². The van der Waals surface area contributed by atoms with E-state index in [1.165, 1.54) is 68.1 Å². The van der Waals surface area contributed by atoms with Crippen molar-refractivity contribution in [3.8, 4) is 0 Å². The van der Waals surface area contributed by atoms with Crippen LogP contribution in [0.3, 0.4) is 0 Å². The van der Waals surface area contributed by atoms with Crippen LogP contribution in [-0.2, 0) is 57.9 Å². The first kappa shape index (κ1) is 51.3. The summed E-state index contributed by atoms with van der Waals surface area (Å²) in [6.07, 6.45) is 1.19. The zero-order chi connectivity index (χ0) is 42.2. The molecule has 1 aliphatic carbocycles. The smallest absolute Gasteiger partial charge is 0.109 e. The van der Waals surface area contributed by atoms with E-state index in [0.717, 1.165) is 33.9 Å². The topological polar surface area (TPSA) is 0 Å². The first-order valence-corrected chi connectivity index (χ1v) is 20.7. The van der Waals surface area contributed by atoms with Crippen LogP contribution >= 0.6 is 0 Å². The Morgan fingerprint density at radius 2 is 0.828 bits per heavy atom. The van der Waals surface area contributed by atoms with Crippen LogP contribution in [0.15, 0.2) is 97.1 Å². The molecule has 0 heterocycles. The molecule has 58 heavy (non-hydrogen) atoms. The summed E-state index contributed by atoms with van der Waals surface area (Å²) in [7, 11) is 0. The molecule has 0 aliphatic heterocycles. The zero-order valence-corrected chi connectivity index (χ0v) is 40.6. The quantitative estimate of drug-likeness (QED) is 0.0942. The largest absolute Gasteiger partial charge is 1.00 e. The molecule has 9 heteroatoms. The molecule has 0 nitrogen and oxygen atoms in total. The van der Waals surface area contributed by atoms with Crippen molar-refractivity contribution in [3.63, 3.8) is 0 Å². The summed E-state index contributed by atoms with van der Waals surface area (Å²) < 4.78 is 75.7. The molecule has 0 saturated carbocycles. The number of fused-ring (bicyclic) bond motifs is 3. The van der Waals surface area contributed by atoms with Crippen molar-refractivity contribution >= 4 is 24.8 Å². The average Bonchev–Trinajstić information content (AvgIpc) is 3.77. The SMILES string of the molecule is CC(C)(C)c1cc2[cH-]c3cc(C(C)(C)C)c(C(C)(C)C)cc3c2cc1C(C)(C)C.FC(F)(F)c1ccc([C](=[Hf+2])c2ccc(C(F)(F)F)cc2)cc1.[C-]1=CC=CC1.[Cl-].[Cl-]. The number of rotatable bonds is 2. The summed E-state index contributed by atoms with van der Waals surface area (Å²) in [6, 6.07) is 21.5. The first-order chi connectivity index (χ1) is 25.5. The van der Waals surface area contributed by atoms with Gasteiger partial charge in [0.15, 0.2) is 0 Å². The van der Waals surface area contributed by atoms with Gasteiger partial charge in [-0.1, -0.05) is 117 Å². The Hall–Kier alpha value is -2.87. The van der Waals surface area contributed by atoms with E-state index in [2.05, 4.69) is 126 Å². The molecule has 1 aliphatic rings. The van der Waals surface area contributed by atoms with Gasteiger partial charge in [0.1, 0.15) is 0 Å². The van der Waals surface area contributed by atoms with Crippen molar-refractivity contribution in [1.82, 2.24) is 0 Å². The number of halogens is 8. The van der Waals surface area contributed by atoms with Gasteiger partial charge in [0.2, 0.25) is 0 Å². The molecule has 0 spiro atoms. The summed E-state index contributed by atoms with van der Waals surface area (Å²) in [5.41, 5.74) is 6.07. The maximum atomic E-state index is 12.5. The van der Waals surface area contributed by atoms with Crippen molar-refractivity contribution in [2.75, 3.05) is 0 Å². The van der Waals surface area contributed by atoms with Gasteiger partial charge in [-0.25, -0.2) is 12.2 Å². The van der Waals surface area contributed by atoms with Crippen molar-refractivity contribution in [1.29, 1.82) is 0 Å². The van der Waals surface area contributed by atoms with Crippen LogP contribution < -0.4 is 24.8 Å². The minimum Gasteiger partial charge on any atom is -1.00 e. The third kappa shape index (κ3) is 12.8. The minimum atomic E-state index is -4.40. The van der Waals surface area contributed by atoms with Crippen LogP contribution in [0, 0.1) is 6.08 Å². The molecular formula is C49H54Cl2F6Hf-2. The van der Waals surface area contributed by atoms with Crippen LogP contribution in [0.25, 0.3) is 21.5 Å². The predicted octanol–water partition coefficient (Wildman–Crippen LogP) is 9.06. The molecule has 5 aromatic carbocycles. The van der Waals surface area contributed by atoms with Gasteiger partial charge in [-0.3, -0.25) is 6.08 Å². The van der Waals surface area contributed by atoms with Crippen LogP contribution in [0.4, 0.5) is 26.3 Å². The van der Waals surface area contributed by atoms with Gasteiger partial charge in [0, 0.05) is 0 Å². The van der Waals surface area contributed by atoms with Crippen LogP contribution in [0.2, 0.25) is 0 Å². The van der Waals surface area contributed by atoms with Crippen molar-refractivity contribution < 1.29 is 75.0 Å². The second kappa shape index (κ2) is 18.8. The van der Waals surface area contributed by atoms with E-state index in [4.69, 9.17) is 0 Å². The number of alkyl halides is 6. The standard InChI is InChI=1S/C29H41.C15H8F6.C5H5.2ClH.Hf/c1-26(2,3)22-14-18-13-19-15-23(27(4,5)6)25(29(10,11)12)17-21(19)20(18)16-24(22)28(7,8)9;16-14(17,18)12-5-1-10(2-6-12)9-11-3-7-13(8-4-11)15(19,20)21;1-2-4-5-3-1;;;/h13-17H,1-12H3;1-8H;1-3H,4H2;2*1H;/q-1;;-1;;;+2/p-2. The minimum absolute atomic E-state index is 0. The van der Waals surface area contributed by atoms with Gasteiger partial charge in [0.05, 0.1) is 0 Å². The van der Waals surface area contributed by atoms with Gasteiger partial charge in [-0.2, -0.15) is 6.08 Å². The van der Waals surface area contributed by atoms with Crippen molar-refractivity contribution in [2.45, 2.75) is 124 Å². The fraction of sp³-hybridized carbons (Fsp3) is 0.388. The number of benzene rings is 4. The summed E-state index contributed by atoms with van der Waals surface area (Å²) in [5.74, 6) is 0. The van der Waals surface area contributed by atoms with E-state index in [-0.39, 0.29) is 46.5 Å². The van der Waals surface area contributed by atoms with E-state index in [1.807, 2.05) is 12.2 Å². The predicted molar refractivity (Wildman–Crippen MR) is 220 cm³/mol. The van der Waals surface area contributed by atoms with Gasteiger partial charge >= 0.3 is 137 Å². The Labute approximate surface area is 368 Å². The number of hydrogen-bond donors (Lipinski definition) is 0. The third-order valence-corrected chi connectivity index (χ3v) is 11.9. The molecule has 0 saturated heterocycles. The molecule has 0 aromatic heterocycles. The Bertz CT molecular complexity index is 2070.